The van der Waals surface area contributed by atoms with E-state index in [1.165, 1.54) is 34.4 Å². The van der Waals surface area contributed by atoms with Gasteiger partial charge in [0.05, 0.1) is 45.3 Å². The van der Waals surface area contributed by atoms with Gasteiger partial charge in [0.2, 0.25) is 5.95 Å². The van der Waals surface area contributed by atoms with E-state index in [1.54, 1.807) is 31.3 Å². The van der Waals surface area contributed by atoms with Crippen LogP contribution in [0.2, 0.25) is 10.0 Å². The lowest BCUT2D eigenvalue weighted by molar-refractivity contribution is 0.657. The zero-order valence-corrected chi connectivity index (χ0v) is 21.4. The molecule has 3 heterocycles. The Bertz CT molecular complexity index is 1820. The molecule has 37 heavy (non-hydrogen) atoms. The molecule has 2 aromatic carbocycles. The van der Waals surface area contributed by atoms with Gasteiger partial charge in [-0.3, -0.25) is 9.55 Å². The van der Waals surface area contributed by atoms with E-state index in [1.807, 2.05) is 12.1 Å². The van der Waals surface area contributed by atoms with Crippen molar-refractivity contribution in [3.63, 3.8) is 0 Å². The Hall–Kier alpha value is -4.24. The van der Waals surface area contributed by atoms with Gasteiger partial charge in [0.25, 0.3) is 0 Å². The van der Waals surface area contributed by atoms with Crippen molar-refractivity contribution in [1.29, 1.82) is 5.26 Å². The Balaban J connectivity index is 1.67. The number of aromatic nitrogens is 5. The van der Waals surface area contributed by atoms with Gasteiger partial charge in [0.1, 0.15) is 0 Å². The first-order chi connectivity index (χ1) is 17.9. The van der Waals surface area contributed by atoms with Crippen LogP contribution < -0.4 is 22.0 Å². The highest BCUT2D eigenvalue weighted by molar-refractivity contribution is 7.22. The van der Waals surface area contributed by atoms with Crippen molar-refractivity contribution in [3.05, 3.63) is 97.0 Å². The van der Waals surface area contributed by atoms with E-state index >= 15 is 0 Å². The molecule has 0 amide bonds. The molecule has 0 bridgehead atoms. The molecule has 10 nitrogen and oxygen atoms in total. The fourth-order valence-electron chi connectivity index (χ4n) is 3.65. The molecule has 0 atom stereocenters. The summed E-state index contributed by atoms with van der Waals surface area (Å²) in [6.07, 6.45) is 2.73. The maximum absolute atomic E-state index is 13.7. The number of fused-ring (bicyclic) bond motifs is 1. The lowest BCUT2D eigenvalue weighted by atomic mass is 10.1. The van der Waals surface area contributed by atoms with Crippen molar-refractivity contribution in [2.75, 3.05) is 17.7 Å². The van der Waals surface area contributed by atoms with Crippen LogP contribution in [-0.2, 0) is 6.54 Å². The molecule has 0 fully saturated rings. The third-order valence-corrected chi connectivity index (χ3v) is 6.99. The lowest BCUT2D eigenvalue weighted by Crippen LogP contribution is -2.41. The molecule has 0 radical (unpaired) electrons. The van der Waals surface area contributed by atoms with E-state index < -0.39 is 11.4 Å². The predicted molar refractivity (Wildman–Crippen MR) is 145 cm³/mol. The van der Waals surface area contributed by atoms with E-state index in [-0.39, 0.29) is 23.2 Å². The minimum absolute atomic E-state index is 0.00244. The lowest BCUT2D eigenvalue weighted by Gasteiger charge is -2.16. The number of nitrogens with zero attached hydrogens (tertiary/aromatic N) is 6. The molecule has 2 N–H and O–H groups in total. The summed E-state index contributed by atoms with van der Waals surface area (Å²) >= 11 is 13.9. The second-order valence-corrected chi connectivity index (χ2v) is 9.65. The van der Waals surface area contributed by atoms with Crippen LogP contribution in [0.3, 0.4) is 0 Å². The monoisotopic (exact) mass is 550 g/mol. The fraction of sp³-hybridized carbons (Fsp3) is 0.0833. The van der Waals surface area contributed by atoms with Gasteiger partial charge in [-0.2, -0.15) is 10.2 Å². The van der Waals surface area contributed by atoms with E-state index in [0.717, 1.165) is 19.9 Å². The molecule has 5 rings (SSSR count). The second kappa shape index (κ2) is 10.0. The number of hydrogen-bond acceptors (Lipinski definition) is 9. The van der Waals surface area contributed by atoms with E-state index in [0.29, 0.717) is 21.8 Å². The number of pyridine rings is 1. The maximum Gasteiger partial charge on any atom is 0.359 e. The number of anilines is 3. The van der Waals surface area contributed by atoms with Crippen molar-refractivity contribution < 1.29 is 0 Å². The molecule has 184 valence electrons. The quantitative estimate of drug-likeness (QED) is 0.318. The van der Waals surface area contributed by atoms with Gasteiger partial charge < -0.3 is 10.6 Å². The first-order valence-electron chi connectivity index (χ1n) is 10.7. The molecular weight excluding hydrogens is 535 g/mol. The highest BCUT2D eigenvalue weighted by Crippen LogP contribution is 2.29. The van der Waals surface area contributed by atoms with Gasteiger partial charge in [0.15, 0.2) is 5.13 Å². The minimum Gasteiger partial charge on any atom is -0.365 e. The molecule has 0 aliphatic heterocycles. The summed E-state index contributed by atoms with van der Waals surface area (Å²) in [6, 6.07) is 13.7. The highest BCUT2D eigenvalue weighted by atomic mass is 35.5. The van der Waals surface area contributed by atoms with Crippen LogP contribution in [0.1, 0.15) is 11.1 Å². The summed E-state index contributed by atoms with van der Waals surface area (Å²) in [5.41, 5.74) is 0.921. The van der Waals surface area contributed by atoms with Crippen LogP contribution >= 0.6 is 34.5 Å². The van der Waals surface area contributed by atoms with E-state index in [4.69, 9.17) is 23.2 Å². The molecule has 0 aliphatic carbocycles. The van der Waals surface area contributed by atoms with Gasteiger partial charge in [0, 0.05) is 24.0 Å². The predicted octanol–water partition coefficient (Wildman–Crippen LogP) is 4.41. The minimum atomic E-state index is -0.818. The SMILES string of the molecule is CNc1nc2ccc(Nc3nc(=O)n(-c4cncc(Cl)c4)c(=O)n3Cc3cc(C#N)ccc3Cl)cc2s1. The van der Waals surface area contributed by atoms with Gasteiger partial charge in [-0.25, -0.2) is 19.1 Å². The van der Waals surface area contributed by atoms with E-state index in [9.17, 15) is 14.9 Å². The Labute approximate surface area is 223 Å². The Morgan fingerprint density at radius 1 is 1.08 bits per heavy atom. The Morgan fingerprint density at radius 3 is 2.68 bits per heavy atom. The molecule has 0 aliphatic rings. The van der Waals surface area contributed by atoms with Crippen molar-refractivity contribution in [2.24, 2.45) is 0 Å². The molecule has 0 saturated carbocycles. The summed E-state index contributed by atoms with van der Waals surface area (Å²) in [4.78, 5) is 39.3. The zero-order chi connectivity index (χ0) is 26.1. The van der Waals surface area contributed by atoms with Crippen LogP contribution in [0.5, 0.6) is 0 Å². The normalized spacial score (nSPS) is 10.9. The average molecular weight is 551 g/mol. The molecule has 0 saturated heterocycles. The third kappa shape index (κ3) is 4.90. The number of rotatable bonds is 6. The second-order valence-electron chi connectivity index (χ2n) is 7.78. The van der Waals surface area contributed by atoms with Crippen LogP contribution in [0.25, 0.3) is 15.9 Å². The van der Waals surface area contributed by atoms with Gasteiger partial charge in [-0.1, -0.05) is 34.5 Å². The summed E-state index contributed by atoms with van der Waals surface area (Å²) in [5, 5.41) is 16.8. The summed E-state index contributed by atoms with van der Waals surface area (Å²) in [6.45, 7) is -0.0660. The number of nitriles is 1. The number of thiazole rings is 1. The number of nitrogens with one attached hydrogen (secondary N) is 2. The fourth-order valence-corrected chi connectivity index (χ4v) is 4.85. The van der Waals surface area contributed by atoms with Gasteiger partial charge >= 0.3 is 11.4 Å². The third-order valence-electron chi connectivity index (χ3n) is 5.38. The number of benzene rings is 2. The highest BCUT2D eigenvalue weighted by Gasteiger charge is 2.18. The molecule has 0 spiro atoms. The zero-order valence-electron chi connectivity index (χ0n) is 19.1. The summed E-state index contributed by atoms with van der Waals surface area (Å²) in [7, 11) is 1.79. The van der Waals surface area contributed by atoms with Crippen LogP contribution in [0.15, 0.2) is 64.4 Å². The largest absolute Gasteiger partial charge is 0.365 e. The molecule has 0 unspecified atom stereocenters. The average Bonchev–Trinajstić information content (AvgIpc) is 3.30. The number of halogens is 2. The van der Waals surface area contributed by atoms with Crippen molar-refractivity contribution >= 4 is 61.5 Å². The van der Waals surface area contributed by atoms with Crippen molar-refractivity contribution in [2.45, 2.75) is 6.54 Å². The maximum atomic E-state index is 13.7. The molecule has 5 aromatic rings. The van der Waals surface area contributed by atoms with Crippen LogP contribution in [0.4, 0.5) is 16.8 Å². The summed E-state index contributed by atoms with van der Waals surface area (Å²) < 4.78 is 3.03. The Kier molecular flexibility index (Phi) is 6.62. The van der Waals surface area contributed by atoms with Crippen LogP contribution in [-0.4, -0.2) is 31.1 Å². The Morgan fingerprint density at radius 2 is 1.92 bits per heavy atom. The smallest absolute Gasteiger partial charge is 0.359 e. The number of hydrogen-bond donors (Lipinski definition) is 2. The van der Waals surface area contributed by atoms with Crippen LogP contribution in [0, 0.1) is 11.3 Å². The van der Waals surface area contributed by atoms with Crippen molar-refractivity contribution in [3.8, 4) is 11.8 Å². The topological polar surface area (TPSA) is 131 Å². The molecule has 13 heteroatoms. The summed E-state index contributed by atoms with van der Waals surface area (Å²) in [5.74, 6) is -0.00244. The first-order valence-corrected chi connectivity index (χ1v) is 12.3. The van der Waals surface area contributed by atoms with Gasteiger partial charge in [-0.05, 0) is 48.0 Å². The van der Waals surface area contributed by atoms with E-state index in [2.05, 4.69) is 31.7 Å². The van der Waals surface area contributed by atoms with Crippen molar-refractivity contribution in [1.82, 2.24) is 24.1 Å². The van der Waals surface area contributed by atoms with Gasteiger partial charge in [-0.15, -0.1) is 0 Å². The first kappa shape index (κ1) is 24.5. The molecular formula is C24H16Cl2N8O2S. The molecule has 3 aromatic heterocycles. The standard InChI is InChI=1S/C24H16Cl2N8O2S/c1-28-22-31-19-5-3-16(8-20(19)37-22)30-21-32-23(35)34(17-7-15(25)10-29-11-17)24(36)33(21)12-14-6-13(9-27)2-4-18(14)26/h2-8,10-11H,12H2,1H3,(H,28,31)(H,30,32,35).